The number of likely N-dealkylation sites (tertiary alicyclic amines) is 1. The van der Waals surface area contributed by atoms with E-state index in [9.17, 15) is 4.79 Å². The second-order valence-corrected chi connectivity index (χ2v) is 6.77. The van der Waals surface area contributed by atoms with Crippen molar-refractivity contribution in [3.63, 3.8) is 0 Å². The summed E-state index contributed by atoms with van der Waals surface area (Å²) in [5.74, 6) is 1.78. The van der Waals surface area contributed by atoms with E-state index >= 15 is 0 Å². The van der Waals surface area contributed by atoms with Gasteiger partial charge in [0.05, 0.1) is 6.54 Å². The van der Waals surface area contributed by atoms with Gasteiger partial charge in [0.15, 0.2) is 5.96 Å². The van der Waals surface area contributed by atoms with Crippen molar-refractivity contribution in [3.05, 3.63) is 29.8 Å². The molecule has 1 amide bonds. The molecule has 6 nitrogen and oxygen atoms in total. The van der Waals surface area contributed by atoms with Crippen molar-refractivity contribution < 1.29 is 9.53 Å². The summed E-state index contributed by atoms with van der Waals surface area (Å²) in [5, 5.41) is 6.40. The number of amides is 1. The number of piperidine rings is 1. The third-order valence-corrected chi connectivity index (χ3v) is 4.66. The maximum absolute atomic E-state index is 12.3. The van der Waals surface area contributed by atoms with Gasteiger partial charge >= 0.3 is 0 Å². The van der Waals surface area contributed by atoms with Crippen LogP contribution in [0.1, 0.15) is 38.2 Å². The van der Waals surface area contributed by atoms with Crippen LogP contribution in [-0.4, -0.2) is 56.1 Å². The van der Waals surface area contributed by atoms with Gasteiger partial charge in [-0.05, 0) is 45.2 Å². The van der Waals surface area contributed by atoms with E-state index in [-0.39, 0.29) is 5.91 Å². The lowest BCUT2D eigenvalue weighted by Crippen LogP contribution is -2.44. The molecule has 1 aromatic rings. The zero-order chi connectivity index (χ0) is 18.8. The molecule has 1 aliphatic rings. The Kier molecular flexibility index (Phi) is 8.25. The number of guanidine groups is 1. The van der Waals surface area contributed by atoms with E-state index in [2.05, 4.69) is 29.5 Å². The van der Waals surface area contributed by atoms with Crippen LogP contribution in [0.5, 0.6) is 5.75 Å². The number of aryl methyl sites for hydroxylation is 1. The van der Waals surface area contributed by atoms with Crippen molar-refractivity contribution >= 4 is 11.9 Å². The Bertz CT molecular complexity index is 586. The molecular weight excluding hydrogens is 328 g/mol. The molecule has 0 saturated carbocycles. The van der Waals surface area contributed by atoms with Crippen LogP contribution in [-0.2, 0) is 4.79 Å². The number of hydrogen-bond acceptors (Lipinski definition) is 3. The van der Waals surface area contributed by atoms with Crippen molar-refractivity contribution in [2.75, 3.05) is 33.3 Å². The molecule has 0 bridgehead atoms. The molecule has 0 spiro atoms. The predicted octanol–water partition coefficient (Wildman–Crippen LogP) is 2.33. The molecule has 1 fully saturated rings. The van der Waals surface area contributed by atoms with Gasteiger partial charge in [0, 0.05) is 32.6 Å². The fourth-order valence-electron chi connectivity index (χ4n) is 3.09. The summed E-state index contributed by atoms with van der Waals surface area (Å²) in [5.41, 5.74) is 1.22. The molecule has 0 aliphatic carbocycles. The molecule has 1 saturated heterocycles. The highest BCUT2D eigenvalue weighted by molar-refractivity contribution is 5.81. The van der Waals surface area contributed by atoms with Gasteiger partial charge in [-0.2, -0.15) is 0 Å². The summed E-state index contributed by atoms with van der Waals surface area (Å²) in [4.78, 5) is 18.5. The van der Waals surface area contributed by atoms with Crippen LogP contribution < -0.4 is 15.4 Å². The highest BCUT2D eigenvalue weighted by atomic mass is 16.5. The standard InChI is InChI=1S/C20H32N4O2/c1-16-7-9-18(10-8-16)26-15-13-23-20(21-3)22-12-11-19(25)24-14-5-4-6-17(24)2/h7-10,17H,4-6,11-15H2,1-3H3,(H2,21,22,23). The number of rotatable bonds is 7. The van der Waals surface area contributed by atoms with Gasteiger partial charge < -0.3 is 20.3 Å². The number of nitrogens with zero attached hydrogens (tertiary/aromatic N) is 2. The first-order valence-corrected chi connectivity index (χ1v) is 9.53. The molecule has 2 rings (SSSR count). The van der Waals surface area contributed by atoms with Crippen LogP contribution in [0.2, 0.25) is 0 Å². The van der Waals surface area contributed by atoms with Crippen molar-refractivity contribution in [2.45, 2.75) is 45.6 Å². The van der Waals surface area contributed by atoms with Crippen LogP contribution in [0, 0.1) is 6.92 Å². The number of carbonyl (C=O) groups excluding carboxylic acids is 1. The summed E-state index contributed by atoms with van der Waals surface area (Å²) < 4.78 is 5.68. The zero-order valence-electron chi connectivity index (χ0n) is 16.3. The van der Waals surface area contributed by atoms with E-state index in [1.807, 2.05) is 29.2 Å². The molecule has 1 aromatic carbocycles. The third kappa shape index (κ3) is 6.58. The van der Waals surface area contributed by atoms with E-state index in [1.165, 1.54) is 12.0 Å². The molecule has 0 aromatic heterocycles. The number of nitrogens with one attached hydrogen (secondary N) is 2. The Hall–Kier alpha value is -2.24. The fourth-order valence-corrected chi connectivity index (χ4v) is 3.09. The minimum atomic E-state index is 0.225. The Morgan fingerprint density at radius 1 is 1.23 bits per heavy atom. The minimum Gasteiger partial charge on any atom is -0.492 e. The molecule has 0 radical (unpaired) electrons. The number of hydrogen-bond donors (Lipinski definition) is 2. The van der Waals surface area contributed by atoms with E-state index < -0.39 is 0 Å². The van der Waals surface area contributed by atoms with Crippen molar-refractivity contribution in [3.8, 4) is 5.75 Å². The van der Waals surface area contributed by atoms with E-state index in [4.69, 9.17) is 4.74 Å². The lowest BCUT2D eigenvalue weighted by Gasteiger charge is -2.33. The smallest absolute Gasteiger partial charge is 0.224 e. The molecule has 6 heteroatoms. The highest BCUT2D eigenvalue weighted by Crippen LogP contribution is 2.17. The summed E-state index contributed by atoms with van der Waals surface area (Å²) >= 11 is 0. The maximum Gasteiger partial charge on any atom is 0.224 e. The van der Waals surface area contributed by atoms with Gasteiger partial charge in [-0.1, -0.05) is 17.7 Å². The molecule has 1 atom stereocenters. The summed E-state index contributed by atoms with van der Waals surface area (Å²) in [6.45, 7) is 6.86. The normalized spacial score (nSPS) is 17.7. The third-order valence-electron chi connectivity index (χ3n) is 4.66. The van der Waals surface area contributed by atoms with Gasteiger partial charge in [0.1, 0.15) is 12.4 Å². The Morgan fingerprint density at radius 2 is 1.96 bits per heavy atom. The van der Waals surface area contributed by atoms with Crippen LogP contribution in [0.4, 0.5) is 0 Å². The number of benzene rings is 1. The van der Waals surface area contributed by atoms with Crippen LogP contribution in [0.3, 0.4) is 0 Å². The molecule has 26 heavy (non-hydrogen) atoms. The molecule has 1 aliphatic heterocycles. The second-order valence-electron chi connectivity index (χ2n) is 6.77. The number of ether oxygens (including phenoxy) is 1. The van der Waals surface area contributed by atoms with Crippen molar-refractivity contribution in [1.29, 1.82) is 0 Å². The lowest BCUT2D eigenvalue weighted by molar-refractivity contribution is -0.134. The topological polar surface area (TPSA) is 66.0 Å². The van der Waals surface area contributed by atoms with Crippen LogP contribution >= 0.6 is 0 Å². The first kappa shape index (κ1) is 20.1. The van der Waals surface area contributed by atoms with Crippen LogP contribution in [0.15, 0.2) is 29.3 Å². The largest absolute Gasteiger partial charge is 0.492 e. The molecule has 144 valence electrons. The molecule has 1 heterocycles. The maximum atomic E-state index is 12.3. The number of aliphatic imine (C=N–C) groups is 1. The lowest BCUT2D eigenvalue weighted by atomic mass is 10.0. The highest BCUT2D eigenvalue weighted by Gasteiger charge is 2.22. The molecular formula is C20H32N4O2. The van der Waals surface area contributed by atoms with Crippen LogP contribution in [0.25, 0.3) is 0 Å². The first-order valence-electron chi connectivity index (χ1n) is 9.53. The fraction of sp³-hybridized carbons (Fsp3) is 0.600. The van der Waals surface area contributed by atoms with E-state index in [0.29, 0.717) is 38.1 Å². The van der Waals surface area contributed by atoms with Gasteiger partial charge in [-0.15, -0.1) is 0 Å². The minimum absolute atomic E-state index is 0.225. The monoisotopic (exact) mass is 360 g/mol. The van der Waals surface area contributed by atoms with Gasteiger partial charge in [-0.3, -0.25) is 9.79 Å². The summed E-state index contributed by atoms with van der Waals surface area (Å²) in [6.07, 6.45) is 3.95. The van der Waals surface area contributed by atoms with Gasteiger partial charge in [0.25, 0.3) is 0 Å². The Morgan fingerprint density at radius 3 is 2.65 bits per heavy atom. The summed E-state index contributed by atoms with van der Waals surface area (Å²) in [6, 6.07) is 8.37. The SMILES string of the molecule is CN=C(NCCOc1ccc(C)cc1)NCCC(=O)N1CCCCC1C. The van der Waals surface area contributed by atoms with Crippen molar-refractivity contribution in [1.82, 2.24) is 15.5 Å². The average Bonchev–Trinajstić information content (AvgIpc) is 2.65. The first-order chi connectivity index (χ1) is 12.6. The van der Waals surface area contributed by atoms with Crippen molar-refractivity contribution in [2.24, 2.45) is 4.99 Å². The predicted molar refractivity (Wildman–Crippen MR) is 106 cm³/mol. The Labute approximate surface area is 157 Å². The Balaban J connectivity index is 1.61. The molecule has 2 N–H and O–H groups in total. The quantitative estimate of drug-likeness (QED) is 0.445. The van der Waals surface area contributed by atoms with E-state index in [1.54, 1.807) is 7.05 Å². The van der Waals surface area contributed by atoms with E-state index in [0.717, 1.165) is 25.1 Å². The zero-order valence-corrected chi connectivity index (χ0v) is 16.3. The van der Waals surface area contributed by atoms with Gasteiger partial charge in [-0.25, -0.2) is 0 Å². The molecule has 1 unspecified atom stereocenters. The van der Waals surface area contributed by atoms with Gasteiger partial charge in [0.2, 0.25) is 5.91 Å². The summed E-state index contributed by atoms with van der Waals surface area (Å²) in [7, 11) is 1.73. The number of carbonyl (C=O) groups is 1. The average molecular weight is 361 g/mol. The second kappa shape index (κ2) is 10.7.